The first kappa shape index (κ1) is 17.5. The minimum absolute atomic E-state index is 0.301. The van der Waals surface area contributed by atoms with E-state index in [0.29, 0.717) is 6.61 Å². The lowest BCUT2D eigenvalue weighted by molar-refractivity contribution is -0.147. The van der Waals surface area contributed by atoms with Crippen molar-refractivity contribution in [1.29, 1.82) is 0 Å². The van der Waals surface area contributed by atoms with E-state index in [9.17, 15) is 20.4 Å². The molecule has 5 atom stereocenters. The van der Waals surface area contributed by atoms with Gasteiger partial charge in [0.15, 0.2) is 4.93 Å². The Morgan fingerprint density at radius 1 is 1.16 bits per heavy atom. The van der Waals surface area contributed by atoms with Crippen molar-refractivity contribution in [2.45, 2.75) is 41.5 Å². The van der Waals surface area contributed by atoms with E-state index in [-0.39, 0.29) is 6.61 Å². The van der Waals surface area contributed by atoms with E-state index in [1.54, 1.807) is 11.3 Å². The Morgan fingerprint density at radius 3 is 2.72 bits per heavy atom. The van der Waals surface area contributed by atoms with E-state index in [4.69, 9.17) is 4.74 Å². The molecule has 0 unspecified atom stereocenters. The maximum absolute atomic E-state index is 10.7. The molecule has 3 heterocycles. The van der Waals surface area contributed by atoms with Crippen molar-refractivity contribution >= 4 is 23.1 Å². The van der Waals surface area contributed by atoms with Crippen LogP contribution in [0.2, 0.25) is 0 Å². The minimum atomic E-state index is -1.37. The summed E-state index contributed by atoms with van der Waals surface area (Å²) in [5.74, 6) is 0. The van der Waals surface area contributed by atoms with Crippen molar-refractivity contribution in [1.82, 2.24) is 0 Å². The van der Waals surface area contributed by atoms with Crippen LogP contribution in [0.3, 0.4) is 0 Å². The molecule has 2 aromatic rings. The Balaban J connectivity index is 1.72. The summed E-state index contributed by atoms with van der Waals surface area (Å²) in [6.07, 6.45) is -3.05. The largest absolute Gasteiger partial charge is 0.395 e. The standard InChI is InChI=1S/C18H20O5S2/c19-8-14-15(20)16(21)17(22)18(25-14)13-7-10(3-4-11(13)9-23-18)6-12-2-1-5-24-12/h1-5,7,14-17,19-22H,6,8-9H2/t14-,15-,16+,17-,18+/m1/s1. The van der Waals surface area contributed by atoms with E-state index in [1.807, 2.05) is 23.6 Å². The molecule has 0 saturated carbocycles. The molecule has 7 heteroatoms. The van der Waals surface area contributed by atoms with Crippen LogP contribution in [0.4, 0.5) is 0 Å². The summed E-state index contributed by atoms with van der Waals surface area (Å²) in [7, 11) is 0. The van der Waals surface area contributed by atoms with Crippen LogP contribution < -0.4 is 0 Å². The first-order valence-corrected chi connectivity index (χ1v) is 9.92. The Morgan fingerprint density at radius 2 is 2.00 bits per heavy atom. The number of thioether (sulfide) groups is 1. The first-order chi connectivity index (χ1) is 12.0. The Bertz CT molecular complexity index is 748. The number of fused-ring (bicyclic) bond motifs is 2. The van der Waals surface area contributed by atoms with Gasteiger partial charge in [0.05, 0.1) is 24.6 Å². The zero-order chi connectivity index (χ0) is 17.6. The Labute approximate surface area is 153 Å². The van der Waals surface area contributed by atoms with Gasteiger partial charge in [0.1, 0.15) is 12.2 Å². The number of ether oxygens (including phenoxy) is 1. The molecule has 25 heavy (non-hydrogen) atoms. The van der Waals surface area contributed by atoms with Gasteiger partial charge >= 0.3 is 0 Å². The van der Waals surface area contributed by atoms with Gasteiger partial charge in [-0.2, -0.15) is 0 Å². The molecular weight excluding hydrogens is 360 g/mol. The molecule has 1 spiro atoms. The first-order valence-electron chi connectivity index (χ1n) is 8.16. The molecule has 134 valence electrons. The Hall–Kier alpha value is -0.930. The average molecular weight is 380 g/mol. The molecular formula is C18H20O5S2. The number of hydrogen-bond acceptors (Lipinski definition) is 7. The van der Waals surface area contributed by atoms with Crippen LogP contribution in [0.1, 0.15) is 21.6 Å². The topological polar surface area (TPSA) is 90.2 Å². The van der Waals surface area contributed by atoms with Gasteiger partial charge in [-0.1, -0.05) is 24.3 Å². The highest BCUT2D eigenvalue weighted by atomic mass is 32.2. The zero-order valence-electron chi connectivity index (χ0n) is 13.4. The van der Waals surface area contributed by atoms with Gasteiger partial charge in [-0.3, -0.25) is 0 Å². The molecule has 0 bridgehead atoms. The smallest absolute Gasteiger partial charge is 0.168 e. The molecule has 4 rings (SSSR count). The number of benzene rings is 1. The van der Waals surface area contributed by atoms with Crippen LogP contribution in [0, 0.1) is 0 Å². The summed E-state index contributed by atoms with van der Waals surface area (Å²) in [5, 5.41) is 42.0. The van der Waals surface area contributed by atoms with Crippen molar-refractivity contribution < 1.29 is 25.2 Å². The number of rotatable bonds is 3. The van der Waals surface area contributed by atoms with Crippen LogP contribution in [0.5, 0.6) is 0 Å². The van der Waals surface area contributed by atoms with Gasteiger partial charge in [-0.05, 0) is 22.6 Å². The van der Waals surface area contributed by atoms with Crippen molar-refractivity contribution in [3.63, 3.8) is 0 Å². The van der Waals surface area contributed by atoms with E-state index in [0.717, 1.165) is 23.1 Å². The number of thiophene rings is 1. The second-order valence-electron chi connectivity index (χ2n) is 6.47. The molecule has 1 aromatic heterocycles. The molecule has 5 nitrogen and oxygen atoms in total. The molecule has 1 saturated heterocycles. The lowest BCUT2D eigenvalue weighted by Crippen LogP contribution is -2.58. The van der Waals surface area contributed by atoms with Crippen molar-refractivity contribution in [2.75, 3.05) is 6.61 Å². The summed E-state index contributed by atoms with van der Waals surface area (Å²) in [6.45, 7) is 0.0323. The molecule has 0 radical (unpaired) electrons. The van der Waals surface area contributed by atoms with Crippen molar-refractivity contribution in [3.05, 3.63) is 57.3 Å². The SMILES string of the molecule is OC[C@H]1S[C@]2(OCc3ccc(Cc4cccs4)cc32)[C@H](O)[C@@H](O)[C@@H]1O. The molecule has 2 aliphatic heterocycles. The third kappa shape index (κ3) is 2.84. The second kappa shape index (κ2) is 6.66. The van der Waals surface area contributed by atoms with E-state index in [2.05, 4.69) is 12.1 Å². The van der Waals surface area contributed by atoms with E-state index >= 15 is 0 Å². The van der Waals surface area contributed by atoms with Crippen LogP contribution in [-0.2, 0) is 22.7 Å². The summed E-state index contributed by atoms with van der Waals surface area (Å²) >= 11 is 2.88. The molecule has 4 N–H and O–H groups in total. The van der Waals surface area contributed by atoms with Gasteiger partial charge in [-0.25, -0.2) is 0 Å². The van der Waals surface area contributed by atoms with Gasteiger partial charge in [-0.15, -0.1) is 23.1 Å². The van der Waals surface area contributed by atoms with Gasteiger partial charge in [0.25, 0.3) is 0 Å². The Kier molecular flexibility index (Phi) is 4.66. The number of aliphatic hydroxyl groups is 4. The van der Waals surface area contributed by atoms with E-state index < -0.39 is 28.5 Å². The van der Waals surface area contributed by atoms with E-state index in [1.165, 1.54) is 16.6 Å². The molecule has 0 aliphatic carbocycles. The van der Waals surface area contributed by atoms with Crippen molar-refractivity contribution in [3.8, 4) is 0 Å². The van der Waals surface area contributed by atoms with Crippen LogP contribution in [0.15, 0.2) is 35.7 Å². The van der Waals surface area contributed by atoms with Gasteiger partial charge < -0.3 is 25.2 Å². The minimum Gasteiger partial charge on any atom is -0.395 e. The lowest BCUT2D eigenvalue weighted by Gasteiger charge is -2.45. The van der Waals surface area contributed by atoms with Crippen LogP contribution >= 0.6 is 23.1 Å². The van der Waals surface area contributed by atoms with Crippen LogP contribution in [0.25, 0.3) is 0 Å². The predicted molar refractivity (Wildman–Crippen MR) is 96.5 cm³/mol. The molecule has 1 aromatic carbocycles. The average Bonchev–Trinajstić information content (AvgIpc) is 3.25. The normalized spacial score (nSPS) is 34.4. The quantitative estimate of drug-likeness (QED) is 0.640. The molecule has 1 fully saturated rings. The van der Waals surface area contributed by atoms with Crippen LogP contribution in [-0.4, -0.2) is 50.6 Å². The summed E-state index contributed by atoms with van der Waals surface area (Å²) in [4.78, 5) is 0.0841. The third-order valence-electron chi connectivity index (χ3n) is 4.90. The fourth-order valence-corrected chi connectivity index (χ4v) is 5.83. The van der Waals surface area contributed by atoms with Gasteiger partial charge in [0.2, 0.25) is 0 Å². The lowest BCUT2D eigenvalue weighted by atomic mass is 9.91. The van der Waals surface area contributed by atoms with Crippen molar-refractivity contribution in [2.24, 2.45) is 0 Å². The maximum Gasteiger partial charge on any atom is 0.168 e. The number of aliphatic hydroxyl groups excluding tert-OH is 4. The summed E-state index contributed by atoms with van der Waals surface area (Å²) in [6, 6.07) is 10.1. The zero-order valence-corrected chi connectivity index (χ0v) is 15.0. The van der Waals surface area contributed by atoms with Gasteiger partial charge in [0, 0.05) is 16.9 Å². The third-order valence-corrected chi connectivity index (χ3v) is 7.44. The second-order valence-corrected chi connectivity index (χ2v) is 8.95. The highest BCUT2D eigenvalue weighted by Crippen LogP contribution is 2.54. The summed E-state index contributed by atoms with van der Waals surface area (Å²) < 4.78 is 5.94. The molecule has 0 amide bonds. The maximum atomic E-state index is 10.7. The number of hydrogen-bond donors (Lipinski definition) is 4. The summed E-state index contributed by atoms with van der Waals surface area (Å²) in [5.41, 5.74) is 2.88. The fourth-order valence-electron chi connectivity index (χ4n) is 3.54. The highest BCUT2D eigenvalue weighted by Gasteiger charge is 2.57. The monoisotopic (exact) mass is 380 g/mol. The fraction of sp³-hybridized carbons (Fsp3) is 0.444. The predicted octanol–water partition coefficient (Wildman–Crippen LogP) is 1.21. The highest BCUT2D eigenvalue weighted by molar-refractivity contribution is 8.00. The molecule has 2 aliphatic rings.